The lowest BCUT2D eigenvalue weighted by Gasteiger charge is -2.20. The Kier molecular flexibility index (Phi) is 7.28. The van der Waals surface area contributed by atoms with Crippen LogP contribution < -0.4 is 9.64 Å². The highest BCUT2D eigenvalue weighted by atomic mass is 32.2. The maximum absolute atomic E-state index is 14.0. The molecule has 0 unspecified atom stereocenters. The average molecular weight is 416 g/mol. The largest absolute Gasteiger partial charge is 0.494 e. The van der Waals surface area contributed by atoms with Gasteiger partial charge in [-0.2, -0.15) is 0 Å². The van der Waals surface area contributed by atoms with Crippen LogP contribution in [0.3, 0.4) is 0 Å². The molecule has 0 spiro atoms. The van der Waals surface area contributed by atoms with Crippen LogP contribution in [0.2, 0.25) is 0 Å². The predicted octanol–water partition coefficient (Wildman–Crippen LogP) is 3.36. The van der Waals surface area contributed by atoms with E-state index in [2.05, 4.69) is 47.9 Å². The summed E-state index contributed by atoms with van der Waals surface area (Å²) in [6, 6.07) is 15.6. The third-order valence-electron chi connectivity index (χ3n) is 4.93. The van der Waals surface area contributed by atoms with Crippen molar-refractivity contribution < 1.29 is 14.0 Å². The lowest BCUT2D eigenvalue weighted by atomic mass is 10.2. The standard InChI is InChI=1S/C22H27FN4OS/c1-5-19(26(2)3)21-24-25-22(27(21)14-16-9-7-6-8-10-16)29-15-17-11-12-20(28-4)18(23)13-17/h6-13,19H,5,14-15H2,1-4H3/p+1/t19-/m0/s1. The van der Waals surface area contributed by atoms with Gasteiger partial charge in [-0.25, -0.2) is 4.39 Å². The number of hydrogen-bond donors (Lipinski definition) is 1. The summed E-state index contributed by atoms with van der Waals surface area (Å²) in [6.07, 6.45) is 0.976. The molecular formula is C22H28FN4OS+. The normalized spacial score (nSPS) is 12.3. The third kappa shape index (κ3) is 5.16. The van der Waals surface area contributed by atoms with Crippen molar-refractivity contribution in [2.24, 2.45) is 0 Å². The molecule has 0 saturated carbocycles. The quantitative estimate of drug-likeness (QED) is 0.545. The second-order valence-corrected chi connectivity index (χ2v) is 8.15. The summed E-state index contributed by atoms with van der Waals surface area (Å²) >= 11 is 1.57. The molecule has 0 fully saturated rings. The highest BCUT2D eigenvalue weighted by molar-refractivity contribution is 7.98. The number of quaternary nitrogens is 1. The lowest BCUT2D eigenvalue weighted by molar-refractivity contribution is -0.893. The summed E-state index contributed by atoms with van der Waals surface area (Å²) in [7, 11) is 5.75. The Bertz CT molecular complexity index is 930. The minimum atomic E-state index is -0.348. The van der Waals surface area contributed by atoms with Crippen molar-refractivity contribution in [2.75, 3.05) is 21.2 Å². The molecule has 1 atom stereocenters. The van der Waals surface area contributed by atoms with Crippen LogP contribution in [0.4, 0.5) is 4.39 Å². The van der Waals surface area contributed by atoms with Gasteiger partial charge in [-0.05, 0) is 23.3 Å². The van der Waals surface area contributed by atoms with E-state index in [9.17, 15) is 4.39 Å². The van der Waals surface area contributed by atoms with Crippen molar-refractivity contribution in [3.8, 4) is 5.75 Å². The van der Waals surface area contributed by atoms with Gasteiger partial charge in [-0.3, -0.25) is 4.57 Å². The molecule has 0 radical (unpaired) electrons. The predicted molar refractivity (Wildman–Crippen MR) is 114 cm³/mol. The highest BCUT2D eigenvalue weighted by Gasteiger charge is 2.25. The van der Waals surface area contributed by atoms with Crippen LogP contribution in [0.25, 0.3) is 0 Å². The van der Waals surface area contributed by atoms with Gasteiger partial charge in [0.25, 0.3) is 0 Å². The molecule has 5 nitrogen and oxygen atoms in total. The molecule has 1 N–H and O–H groups in total. The first-order chi connectivity index (χ1) is 14.0. The fourth-order valence-corrected chi connectivity index (χ4v) is 4.26. The number of halogens is 1. The van der Waals surface area contributed by atoms with Gasteiger partial charge >= 0.3 is 0 Å². The zero-order valence-electron chi connectivity index (χ0n) is 17.4. The van der Waals surface area contributed by atoms with Crippen molar-refractivity contribution in [1.29, 1.82) is 0 Å². The van der Waals surface area contributed by atoms with E-state index in [-0.39, 0.29) is 17.6 Å². The van der Waals surface area contributed by atoms with Crippen molar-refractivity contribution in [2.45, 2.75) is 36.8 Å². The second-order valence-electron chi connectivity index (χ2n) is 7.21. The molecule has 154 valence electrons. The third-order valence-corrected chi connectivity index (χ3v) is 5.97. The van der Waals surface area contributed by atoms with Crippen LogP contribution in [0.1, 0.15) is 36.3 Å². The first-order valence-electron chi connectivity index (χ1n) is 9.75. The first kappa shape index (κ1) is 21.3. The van der Waals surface area contributed by atoms with Crippen molar-refractivity contribution in [1.82, 2.24) is 14.8 Å². The van der Waals surface area contributed by atoms with Gasteiger partial charge in [0.05, 0.1) is 27.7 Å². The smallest absolute Gasteiger partial charge is 0.192 e. The Balaban J connectivity index is 1.87. The fraction of sp³-hybridized carbons (Fsp3) is 0.364. The summed E-state index contributed by atoms with van der Waals surface area (Å²) in [6.45, 7) is 2.89. The van der Waals surface area contributed by atoms with Crippen molar-refractivity contribution in [3.63, 3.8) is 0 Å². The van der Waals surface area contributed by atoms with Gasteiger partial charge in [0.1, 0.15) is 6.04 Å². The number of nitrogens with one attached hydrogen (secondary N) is 1. The van der Waals surface area contributed by atoms with Gasteiger partial charge in [-0.1, -0.05) is 55.1 Å². The van der Waals surface area contributed by atoms with Crippen LogP contribution in [0.15, 0.2) is 53.7 Å². The van der Waals surface area contributed by atoms with Gasteiger partial charge in [0, 0.05) is 12.2 Å². The summed E-state index contributed by atoms with van der Waals surface area (Å²) in [5, 5.41) is 9.87. The van der Waals surface area contributed by atoms with E-state index in [0.717, 1.165) is 23.0 Å². The van der Waals surface area contributed by atoms with Gasteiger partial charge in [0.15, 0.2) is 22.5 Å². The van der Waals surface area contributed by atoms with E-state index in [4.69, 9.17) is 4.74 Å². The maximum atomic E-state index is 14.0. The molecule has 0 aliphatic carbocycles. The van der Waals surface area contributed by atoms with Gasteiger partial charge in [-0.15, -0.1) is 10.2 Å². The minimum absolute atomic E-state index is 0.257. The minimum Gasteiger partial charge on any atom is -0.494 e. The molecule has 0 aliphatic heterocycles. The maximum Gasteiger partial charge on any atom is 0.192 e. The van der Waals surface area contributed by atoms with Crippen molar-refractivity contribution >= 4 is 11.8 Å². The number of ether oxygens (including phenoxy) is 1. The molecule has 29 heavy (non-hydrogen) atoms. The molecule has 2 aromatic carbocycles. The van der Waals surface area contributed by atoms with E-state index in [1.807, 2.05) is 24.3 Å². The zero-order chi connectivity index (χ0) is 20.8. The molecule has 0 bridgehead atoms. The summed E-state index contributed by atoms with van der Waals surface area (Å²) in [5.41, 5.74) is 2.09. The molecule has 0 saturated heterocycles. The van der Waals surface area contributed by atoms with E-state index >= 15 is 0 Å². The van der Waals surface area contributed by atoms with Gasteiger partial charge in [0.2, 0.25) is 0 Å². The molecular weight excluding hydrogens is 387 g/mol. The van der Waals surface area contributed by atoms with Crippen LogP contribution >= 0.6 is 11.8 Å². The van der Waals surface area contributed by atoms with Crippen LogP contribution in [-0.4, -0.2) is 36.0 Å². The van der Waals surface area contributed by atoms with E-state index in [0.29, 0.717) is 12.3 Å². The van der Waals surface area contributed by atoms with Crippen LogP contribution in [0.5, 0.6) is 5.75 Å². The molecule has 1 aromatic heterocycles. The second kappa shape index (κ2) is 9.89. The number of nitrogens with zero attached hydrogens (tertiary/aromatic N) is 3. The topological polar surface area (TPSA) is 44.4 Å². The van der Waals surface area contributed by atoms with E-state index in [1.165, 1.54) is 23.6 Å². The van der Waals surface area contributed by atoms with Crippen LogP contribution in [-0.2, 0) is 12.3 Å². The Hall–Kier alpha value is -2.38. The lowest BCUT2D eigenvalue weighted by Crippen LogP contribution is -3.06. The van der Waals surface area contributed by atoms with E-state index in [1.54, 1.807) is 17.8 Å². The zero-order valence-corrected chi connectivity index (χ0v) is 18.2. The number of benzene rings is 2. The molecule has 3 aromatic rings. The van der Waals surface area contributed by atoms with Crippen LogP contribution in [0, 0.1) is 5.82 Å². The summed E-state index contributed by atoms with van der Waals surface area (Å²) in [4.78, 5) is 1.32. The number of methoxy groups -OCH3 is 1. The highest BCUT2D eigenvalue weighted by Crippen LogP contribution is 2.27. The molecule has 0 amide bonds. The number of thioether (sulfide) groups is 1. The fourth-order valence-electron chi connectivity index (χ4n) is 3.38. The number of rotatable bonds is 9. The summed E-state index contributed by atoms with van der Waals surface area (Å²) in [5.74, 6) is 1.51. The SMILES string of the molecule is CC[C@@H](c1nnc(SCc2ccc(OC)c(F)c2)n1Cc1ccccc1)[NH+](C)C. The molecule has 0 aliphatic rings. The Labute approximate surface area is 175 Å². The monoisotopic (exact) mass is 415 g/mol. The van der Waals surface area contributed by atoms with Crippen molar-refractivity contribution in [3.05, 3.63) is 71.3 Å². The Morgan fingerprint density at radius 1 is 1.10 bits per heavy atom. The summed E-state index contributed by atoms with van der Waals surface area (Å²) < 4.78 is 21.2. The molecule has 7 heteroatoms. The first-order valence-corrected chi connectivity index (χ1v) is 10.7. The molecule has 3 rings (SSSR count). The molecule has 1 heterocycles. The average Bonchev–Trinajstić information content (AvgIpc) is 3.10. The Morgan fingerprint density at radius 3 is 2.48 bits per heavy atom. The number of hydrogen-bond acceptors (Lipinski definition) is 4. The number of aromatic nitrogens is 3. The van der Waals surface area contributed by atoms with E-state index < -0.39 is 0 Å². The Morgan fingerprint density at radius 2 is 1.86 bits per heavy atom. The van der Waals surface area contributed by atoms with Gasteiger partial charge < -0.3 is 9.64 Å².